The molecule has 1 N–H and O–H groups in total. The van der Waals surface area contributed by atoms with Crippen molar-refractivity contribution >= 4 is 28.5 Å². The summed E-state index contributed by atoms with van der Waals surface area (Å²) in [6.07, 6.45) is 3.36. The van der Waals surface area contributed by atoms with Crippen LogP contribution in [0.2, 0.25) is 0 Å². The summed E-state index contributed by atoms with van der Waals surface area (Å²) in [5.41, 5.74) is 2.26. The number of hydrogen-bond acceptors (Lipinski definition) is 3. The first-order chi connectivity index (χ1) is 8.65. The second kappa shape index (κ2) is 5.90. The second-order valence-corrected chi connectivity index (χ2v) is 5.08. The minimum Gasteiger partial charge on any atom is -0.346 e. The molecule has 0 saturated carbocycles. The fourth-order valence-corrected chi connectivity index (χ4v) is 1.74. The van der Waals surface area contributed by atoms with E-state index < -0.39 is 0 Å². The van der Waals surface area contributed by atoms with Gasteiger partial charge in [0, 0.05) is 15.3 Å². The lowest BCUT2D eigenvalue weighted by Gasteiger charge is -2.04. The summed E-state index contributed by atoms with van der Waals surface area (Å²) < 4.78 is 1.11. The van der Waals surface area contributed by atoms with Gasteiger partial charge in [0.2, 0.25) is 0 Å². The number of amides is 1. The van der Waals surface area contributed by atoms with E-state index in [1.54, 1.807) is 24.5 Å². The summed E-state index contributed by atoms with van der Waals surface area (Å²) in [7, 11) is 0. The zero-order valence-electron chi connectivity index (χ0n) is 9.85. The molecule has 2 rings (SSSR count). The molecule has 1 aromatic heterocycles. The summed E-state index contributed by atoms with van der Waals surface area (Å²) in [6.45, 7) is 2.26. The molecule has 2 aromatic rings. The van der Waals surface area contributed by atoms with Gasteiger partial charge in [0.1, 0.15) is 0 Å². The van der Waals surface area contributed by atoms with Gasteiger partial charge >= 0.3 is 0 Å². The highest BCUT2D eigenvalue weighted by Gasteiger charge is 2.05. The number of aryl methyl sites for hydroxylation is 1. The maximum Gasteiger partial charge on any atom is 0.251 e. The molecule has 1 aromatic carbocycles. The third-order valence-corrected chi connectivity index (χ3v) is 3.09. The fraction of sp³-hybridized carbons (Fsp3) is 0.154. The van der Waals surface area contributed by atoms with Crippen LogP contribution in [0.15, 0.2) is 36.7 Å². The minimum atomic E-state index is -0.103. The number of hydrogen-bond donors (Lipinski definition) is 1. The summed E-state index contributed by atoms with van der Waals surface area (Å²) in [5, 5.41) is 2.81. The Kier molecular flexibility index (Phi) is 4.24. The van der Waals surface area contributed by atoms with E-state index in [2.05, 4.69) is 37.9 Å². The molecule has 18 heavy (non-hydrogen) atoms. The van der Waals surface area contributed by atoms with E-state index in [1.807, 2.05) is 19.1 Å². The van der Waals surface area contributed by atoms with E-state index in [4.69, 9.17) is 0 Å². The number of nitrogens with one attached hydrogen (secondary N) is 1. The molecule has 0 atom stereocenters. The number of benzene rings is 1. The van der Waals surface area contributed by atoms with Gasteiger partial charge in [-0.05, 0) is 53.8 Å². The molecule has 0 fully saturated rings. The fourth-order valence-electron chi connectivity index (χ4n) is 1.38. The average molecular weight is 353 g/mol. The number of halogens is 1. The zero-order chi connectivity index (χ0) is 13.0. The standard InChI is InChI=1S/C13H12IN3O/c1-9-6-16-12(7-15-9)8-17-13(18)10-2-4-11(14)5-3-10/h2-7H,8H2,1H3,(H,17,18). The molecule has 0 spiro atoms. The topological polar surface area (TPSA) is 54.9 Å². The summed E-state index contributed by atoms with van der Waals surface area (Å²) in [5.74, 6) is -0.103. The Balaban J connectivity index is 1.96. The SMILES string of the molecule is Cc1cnc(CNC(=O)c2ccc(I)cc2)cn1. The average Bonchev–Trinajstić information content (AvgIpc) is 2.38. The second-order valence-electron chi connectivity index (χ2n) is 3.84. The molecule has 0 aliphatic rings. The maximum atomic E-state index is 11.8. The lowest BCUT2D eigenvalue weighted by molar-refractivity contribution is 0.0950. The molecular formula is C13H12IN3O. The number of aromatic nitrogens is 2. The van der Waals surface area contributed by atoms with Crippen molar-refractivity contribution in [3.05, 3.63) is 57.2 Å². The largest absolute Gasteiger partial charge is 0.346 e. The van der Waals surface area contributed by atoms with Crippen LogP contribution >= 0.6 is 22.6 Å². The molecule has 1 heterocycles. The number of carbonyl (C=O) groups excluding carboxylic acids is 1. The van der Waals surface area contributed by atoms with Crippen molar-refractivity contribution in [2.75, 3.05) is 0 Å². The van der Waals surface area contributed by atoms with Gasteiger partial charge in [-0.15, -0.1) is 0 Å². The zero-order valence-corrected chi connectivity index (χ0v) is 12.0. The molecule has 0 bridgehead atoms. The van der Waals surface area contributed by atoms with Gasteiger partial charge < -0.3 is 5.32 Å². The van der Waals surface area contributed by atoms with Crippen LogP contribution in [0.25, 0.3) is 0 Å². The Bertz CT molecular complexity index is 537. The van der Waals surface area contributed by atoms with E-state index >= 15 is 0 Å². The van der Waals surface area contributed by atoms with Crippen LogP contribution in [0, 0.1) is 10.5 Å². The number of carbonyl (C=O) groups is 1. The lowest BCUT2D eigenvalue weighted by Crippen LogP contribution is -2.23. The van der Waals surface area contributed by atoms with Gasteiger partial charge in [-0.25, -0.2) is 0 Å². The Morgan fingerprint density at radius 3 is 2.56 bits per heavy atom. The van der Waals surface area contributed by atoms with Crippen LogP contribution in [0.1, 0.15) is 21.7 Å². The predicted octanol–water partition coefficient (Wildman–Crippen LogP) is 2.32. The minimum absolute atomic E-state index is 0.103. The smallest absolute Gasteiger partial charge is 0.251 e. The van der Waals surface area contributed by atoms with Crippen LogP contribution in [0.4, 0.5) is 0 Å². The maximum absolute atomic E-state index is 11.8. The molecule has 0 saturated heterocycles. The first-order valence-electron chi connectivity index (χ1n) is 5.46. The number of nitrogens with zero attached hydrogens (tertiary/aromatic N) is 2. The Hall–Kier alpha value is -1.50. The van der Waals surface area contributed by atoms with Crippen molar-refractivity contribution in [3.63, 3.8) is 0 Å². The highest BCUT2D eigenvalue weighted by Crippen LogP contribution is 2.06. The molecular weight excluding hydrogens is 341 g/mol. The Morgan fingerprint density at radius 2 is 1.94 bits per heavy atom. The highest BCUT2D eigenvalue weighted by molar-refractivity contribution is 14.1. The lowest BCUT2D eigenvalue weighted by atomic mass is 10.2. The summed E-state index contributed by atoms with van der Waals surface area (Å²) in [6, 6.07) is 7.41. The van der Waals surface area contributed by atoms with E-state index in [1.165, 1.54) is 0 Å². The highest BCUT2D eigenvalue weighted by atomic mass is 127. The van der Waals surface area contributed by atoms with Crippen molar-refractivity contribution in [1.29, 1.82) is 0 Å². The van der Waals surface area contributed by atoms with E-state index in [0.717, 1.165) is 15.0 Å². The van der Waals surface area contributed by atoms with Crippen LogP contribution in [0.3, 0.4) is 0 Å². The predicted molar refractivity (Wildman–Crippen MR) is 77.1 cm³/mol. The first-order valence-corrected chi connectivity index (χ1v) is 6.54. The van der Waals surface area contributed by atoms with Crippen molar-refractivity contribution in [2.45, 2.75) is 13.5 Å². The molecule has 1 amide bonds. The molecule has 92 valence electrons. The Labute approximate surface area is 119 Å². The summed E-state index contributed by atoms with van der Waals surface area (Å²) >= 11 is 2.20. The quantitative estimate of drug-likeness (QED) is 0.862. The summed E-state index contributed by atoms with van der Waals surface area (Å²) in [4.78, 5) is 20.1. The van der Waals surface area contributed by atoms with Gasteiger partial charge in [-0.3, -0.25) is 14.8 Å². The molecule has 0 aliphatic carbocycles. The van der Waals surface area contributed by atoms with Gasteiger partial charge in [0.05, 0.1) is 24.1 Å². The van der Waals surface area contributed by atoms with Gasteiger partial charge in [-0.2, -0.15) is 0 Å². The van der Waals surface area contributed by atoms with E-state index in [-0.39, 0.29) is 5.91 Å². The van der Waals surface area contributed by atoms with Crippen molar-refractivity contribution in [1.82, 2.24) is 15.3 Å². The number of rotatable bonds is 3. The monoisotopic (exact) mass is 353 g/mol. The van der Waals surface area contributed by atoms with E-state index in [9.17, 15) is 4.79 Å². The molecule has 4 nitrogen and oxygen atoms in total. The molecule has 5 heteroatoms. The van der Waals surface area contributed by atoms with Gasteiger partial charge in [0.15, 0.2) is 0 Å². The molecule has 0 radical (unpaired) electrons. The first kappa shape index (κ1) is 12.9. The van der Waals surface area contributed by atoms with Crippen LogP contribution in [-0.4, -0.2) is 15.9 Å². The normalized spacial score (nSPS) is 10.1. The molecule has 0 unspecified atom stereocenters. The van der Waals surface area contributed by atoms with Gasteiger partial charge in [0.25, 0.3) is 5.91 Å². The van der Waals surface area contributed by atoms with Crippen molar-refractivity contribution < 1.29 is 4.79 Å². The third kappa shape index (κ3) is 3.49. The van der Waals surface area contributed by atoms with Crippen molar-refractivity contribution in [3.8, 4) is 0 Å². The third-order valence-electron chi connectivity index (χ3n) is 2.37. The van der Waals surface area contributed by atoms with E-state index in [0.29, 0.717) is 12.1 Å². The van der Waals surface area contributed by atoms with Crippen LogP contribution < -0.4 is 5.32 Å². The van der Waals surface area contributed by atoms with Gasteiger partial charge in [-0.1, -0.05) is 0 Å². The van der Waals surface area contributed by atoms with Crippen LogP contribution in [0.5, 0.6) is 0 Å². The Morgan fingerprint density at radius 1 is 1.22 bits per heavy atom. The van der Waals surface area contributed by atoms with Crippen molar-refractivity contribution in [2.24, 2.45) is 0 Å². The van der Waals surface area contributed by atoms with Crippen LogP contribution in [-0.2, 0) is 6.54 Å². The molecule has 0 aliphatic heterocycles.